The van der Waals surface area contributed by atoms with Crippen molar-refractivity contribution in [1.82, 2.24) is 10.2 Å². The van der Waals surface area contributed by atoms with Gasteiger partial charge in [-0.15, -0.1) is 0 Å². The van der Waals surface area contributed by atoms with Crippen molar-refractivity contribution in [3.8, 4) is 0 Å². The quantitative estimate of drug-likeness (QED) is 0.413. The fraction of sp³-hybridized carbons (Fsp3) is 0.412. The number of nitro benzene ring substituents is 1. The summed E-state index contributed by atoms with van der Waals surface area (Å²) < 4.78 is 22.9. The van der Waals surface area contributed by atoms with E-state index < -0.39 is 32.6 Å². The molecule has 0 radical (unpaired) electrons. The van der Waals surface area contributed by atoms with Crippen molar-refractivity contribution in [2.75, 3.05) is 24.6 Å². The van der Waals surface area contributed by atoms with Crippen LogP contribution in [0.5, 0.6) is 0 Å². The molecule has 9 nitrogen and oxygen atoms in total. The summed E-state index contributed by atoms with van der Waals surface area (Å²) in [5.74, 6) is -0.861. The predicted octanol–water partition coefficient (Wildman–Crippen LogP) is 0.760. The van der Waals surface area contributed by atoms with Crippen molar-refractivity contribution in [1.29, 1.82) is 0 Å². The number of carbonyl (C=O) groups is 2. The Hall–Kier alpha value is -2.75. The van der Waals surface area contributed by atoms with Crippen molar-refractivity contribution in [3.05, 3.63) is 46.0 Å². The first-order chi connectivity index (χ1) is 12.7. The van der Waals surface area contributed by atoms with Gasteiger partial charge in [-0.25, -0.2) is 8.42 Å². The van der Waals surface area contributed by atoms with Crippen molar-refractivity contribution in [2.45, 2.75) is 19.4 Å². The van der Waals surface area contributed by atoms with E-state index in [1.165, 1.54) is 35.3 Å². The van der Waals surface area contributed by atoms with E-state index in [4.69, 9.17) is 0 Å². The number of carbonyl (C=O) groups excluding carboxylic acids is 2. The van der Waals surface area contributed by atoms with Crippen LogP contribution in [-0.4, -0.2) is 60.7 Å². The molecule has 2 amide bonds. The summed E-state index contributed by atoms with van der Waals surface area (Å²) in [6.07, 6.45) is 3.07. The van der Waals surface area contributed by atoms with E-state index in [-0.39, 0.29) is 30.3 Å². The molecule has 1 aliphatic heterocycles. The number of benzene rings is 1. The van der Waals surface area contributed by atoms with Crippen LogP contribution in [0.4, 0.5) is 5.69 Å². The molecule has 0 saturated carbocycles. The third-order valence-electron chi connectivity index (χ3n) is 4.12. The molecule has 1 N–H and O–H groups in total. The lowest BCUT2D eigenvalue weighted by Crippen LogP contribution is -2.44. The monoisotopic (exact) mass is 395 g/mol. The third kappa shape index (κ3) is 6.17. The molecule has 27 heavy (non-hydrogen) atoms. The maximum Gasteiger partial charge on any atom is 0.270 e. The first kappa shape index (κ1) is 20.6. The van der Waals surface area contributed by atoms with Gasteiger partial charge in [-0.05, 0) is 25.0 Å². The van der Waals surface area contributed by atoms with Gasteiger partial charge in [-0.2, -0.15) is 0 Å². The average molecular weight is 395 g/mol. The van der Waals surface area contributed by atoms with E-state index in [1.54, 1.807) is 13.0 Å². The highest BCUT2D eigenvalue weighted by molar-refractivity contribution is 7.91. The zero-order valence-electron chi connectivity index (χ0n) is 14.8. The van der Waals surface area contributed by atoms with Crippen LogP contribution in [0.1, 0.15) is 18.9 Å². The molecule has 1 aromatic rings. The minimum absolute atomic E-state index is 0.0559. The average Bonchev–Trinajstić information content (AvgIpc) is 2.96. The molecule has 1 atom stereocenters. The van der Waals surface area contributed by atoms with E-state index in [1.807, 2.05) is 0 Å². The van der Waals surface area contributed by atoms with Crippen molar-refractivity contribution < 1.29 is 22.9 Å². The summed E-state index contributed by atoms with van der Waals surface area (Å²) in [4.78, 5) is 35.9. The number of rotatable bonds is 7. The Balaban J connectivity index is 1.94. The van der Waals surface area contributed by atoms with Gasteiger partial charge in [0.05, 0.1) is 23.0 Å². The number of hydrogen-bond donors (Lipinski definition) is 1. The molecule has 146 valence electrons. The lowest BCUT2D eigenvalue weighted by molar-refractivity contribution is -0.384. The van der Waals surface area contributed by atoms with Crippen LogP contribution in [-0.2, 0) is 19.4 Å². The molecule has 0 spiro atoms. The summed E-state index contributed by atoms with van der Waals surface area (Å²) >= 11 is 0. The molecule has 0 aromatic heterocycles. The van der Waals surface area contributed by atoms with Crippen molar-refractivity contribution in [2.24, 2.45) is 0 Å². The molecule has 1 heterocycles. The number of hydrogen-bond acceptors (Lipinski definition) is 6. The second-order valence-electron chi connectivity index (χ2n) is 6.21. The number of amides is 2. The zero-order valence-corrected chi connectivity index (χ0v) is 15.6. The third-order valence-corrected chi connectivity index (χ3v) is 5.89. The molecule has 0 unspecified atom stereocenters. The molecular weight excluding hydrogens is 374 g/mol. The Morgan fingerprint density at radius 1 is 1.41 bits per heavy atom. The molecule has 0 bridgehead atoms. The maximum absolute atomic E-state index is 12.3. The Kier molecular flexibility index (Phi) is 6.67. The van der Waals surface area contributed by atoms with Gasteiger partial charge in [0.1, 0.15) is 0 Å². The minimum Gasteiger partial charge on any atom is -0.351 e. The van der Waals surface area contributed by atoms with Crippen molar-refractivity contribution in [3.63, 3.8) is 0 Å². The van der Waals surface area contributed by atoms with Crippen molar-refractivity contribution >= 4 is 33.4 Å². The molecule has 1 saturated heterocycles. The van der Waals surface area contributed by atoms with Gasteiger partial charge in [0.25, 0.3) is 5.69 Å². The van der Waals surface area contributed by atoms with Crippen LogP contribution in [0.25, 0.3) is 6.08 Å². The first-order valence-corrected chi connectivity index (χ1v) is 10.2. The zero-order chi connectivity index (χ0) is 20.0. The van der Waals surface area contributed by atoms with Crippen LogP contribution < -0.4 is 5.32 Å². The second-order valence-corrected chi connectivity index (χ2v) is 8.43. The largest absolute Gasteiger partial charge is 0.351 e. The van der Waals surface area contributed by atoms with Gasteiger partial charge in [0, 0.05) is 30.8 Å². The minimum atomic E-state index is -3.09. The Bertz CT molecular complexity index is 865. The first-order valence-electron chi connectivity index (χ1n) is 8.41. The van der Waals surface area contributed by atoms with Gasteiger partial charge in [0.15, 0.2) is 9.84 Å². The number of nitrogens with one attached hydrogen (secondary N) is 1. The summed E-state index contributed by atoms with van der Waals surface area (Å²) in [5.41, 5.74) is 0.414. The molecule has 10 heteroatoms. The van der Waals surface area contributed by atoms with Crippen LogP contribution in [0.15, 0.2) is 30.3 Å². The Labute approximate surface area is 157 Å². The summed E-state index contributed by atoms with van der Waals surface area (Å²) in [5, 5.41) is 13.4. The van der Waals surface area contributed by atoms with E-state index in [0.29, 0.717) is 12.0 Å². The normalized spacial score (nSPS) is 18.3. The Morgan fingerprint density at radius 2 is 2.15 bits per heavy atom. The fourth-order valence-electron chi connectivity index (χ4n) is 2.72. The number of non-ortho nitro benzene ring substituents is 1. The molecule has 1 aliphatic rings. The number of nitrogens with zero attached hydrogens (tertiary/aromatic N) is 2. The lowest BCUT2D eigenvalue weighted by Gasteiger charge is -2.20. The summed E-state index contributed by atoms with van der Waals surface area (Å²) in [6, 6.07) is 5.42. The molecule has 1 aromatic carbocycles. The topological polar surface area (TPSA) is 127 Å². The molecule has 1 fully saturated rings. The van der Waals surface area contributed by atoms with E-state index >= 15 is 0 Å². The second kappa shape index (κ2) is 8.76. The summed E-state index contributed by atoms with van der Waals surface area (Å²) in [6.45, 7) is 1.81. The van der Waals surface area contributed by atoms with E-state index in [9.17, 15) is 28.1 Å². The molecular formula is C17H21N3O6S. The van der Waals surface area contributed by atoms with Crippen LogP contribution >= 0.6 is 0 Å². The smallest absolute Gasteiger partial charge is 0.270 e. The van der Waals surface area contributed by atoms with E-state index in [2.05, 4.69) is 5.32 Å². The van der Waals surface area contributed by atoms with Gasteiger partial charge < -0.3 is 10.2 Å². The van der Waals surface area contributed by atoms with E-state index in [0.717, 1.165) is 0 Å². The standard InChI is InChI=1S/C17H21N3O6S/c1-2-19(11-16(21)18-14-8-9-27(25,26)12-14)17(22)7-6-13-4-3-5-15(10-13)20(23)24/h3-7,10,14H,2,8-9,11-12H2,1H3,(H,18,21)/b7-6+/t14-/m0/s1. The highest BCUT2D eigenvalue weighted by atomic mass is 32.2. The number of likely N-dealkylation sites (N-methyl/N-ethyl adjacent to an activating group) is 1. The number of sulfone groups is 1. The van der Waals surface area contributed by atoms with Gasteiger partial charge >= 0.3 is 0 Å². The van der Waals surface area contributed by atoms with Crippen LogP contribution in [0, 0.1) is 10.1 Å². The lowest BCUT2D eigenvalue weighted by atomic mass is 10.2. The number of nitro groups is 1. The van der Waals surface area contributed by atoms with Crippen LogP contribution in [0.3, 0.4) is 0 Å². The van der Waals surface area contributed by atoms with Crippen LogP contribution in [0.2, 0.25) is 0 Å². The predicted molar refractivity (Wildman–Crippen MR) is 99.6 cm³/mol. The molecule has 0 aliphatic carbocycles. The highest BCUT2D eigenvalue weighted by Gasteiger charge is 2.29. The van der Waals surface area contributed by atoms with Gasteiger partial charge in [0.2, 0.25) is 11.8 Å². The molecule has 2 rings (SSSR count). The highest BCUT2D eigenvalue weighted by Crippen LogP contribution is 2.14. The SMILES string of the molecule is CCN(CC(=O)N[C@H]1CCS(=O)(=O)C1)C(=O)/C=C/c1cccc([N+](=O)[O-])c1. The Morgan fingerprint density at radius 3 is 2.74 bits per heavy atom. The fourth-order valence-corrected chi connectivity index (χ4v) is 4.39. The van der Waals surface area contributed by atoms with Gasteiger partial charge in [-0.1, -0.05) is 12.1 Å². The van der Waals surface area contributed by atoms with Gasteiger partial charge in [-0.3, -0.25) is 19.7 Å². The maximum atomic E-state index is 12.3. The summed E-state index contributed by atoms with van der Waals surface area (Å²) in [7, 11) is -3.09.